The van der Waals surface area contributed by atoms with Crippen LogP contribution in [0.3, 0.4) is 0 Å². The van der Waals surface area contributed by atoms with Crippen molar-refractivity contribution in [3.05, 3.63) is 48.4 Å². The number of rotatable bonds is 6. The monoisotopic (exact) mass is 323 g/mol. The first kappa shape index (κ1) is 16.2. The molecule has 7 nitrogen and oxygen atoms in total. The normalized spacial score (nSPS) is 11.6. The number of sulfonamides is 1. The van der Waals surface area contributed by atoms with Gasteiger partial charge in [0.15, 0.2) is 0 Å². The Kier molecular flexibility index (Phi) is 4.96. The van der Waals surface area contributed by atoms with Gasteiger partial charge in [-0.05, 0) is 31.3 Å². The Morgan fingerprint density at radius 2 is 2.00 bits per heavy atom. The fourth-order valence-corrected chi connectivity index (χ4v) is 2.67. The number of amides is 1. The lowest BCUT2D eigenvalue weighted by Crippen LogP contribution is -2.30. The number of carbonyl (C=O) groups excluding carboxylic acids is 1. The Morgan fingerprint density at radius 3 is 2.64 bits per heavy atom. The van der Waals surface area contributed by atoms with E-state index in [9.17, 15) is 13.2 Å². The van der Waals surface area contributed by atoms with E-state index in [1.165, 1.54) is 12.1 Å². The van der Waals surface area contributed by atoms with Crippen molar-refractivity contribution in [2.75, 3.05) is 18.9 Å². The topological polar surface area (TPSA) is 106 Å². The number of furan rings is 1. The molecule has 0 saturated carbocycles. The predicted octanol–water partition coefficient (Wildman–Crippen LogP) is 0.997. The van der Waals surface area contributed by atoms with Crippen LogP contribution in [0.4, 0.5) is 5.69 Å². The van der Waals surface area contributed by atoms with Crippen molar-refractivity contribution in [1.82, 2.24) is 4.90 Å². The highest BCUT2D eigenvalue weighted by Crippen LogP contribution is 2.19. The fourth-order valence-electron chi connectivity index (χ4n) is 1.98. The van der Waals surface area contributed by atoms with Crippen LogP contribution in [0.2, 0.25) is 0 Å². The summed E-state index contributed by atoms with van der Waals surface area (Å²) >= 11 is 0. The average molecular weight is 323 g/mol. The minimum Gasteiger partial charge on any atom is -0.468 e. The number of para-hydroxylation sites is 1. The zero-order valence-electron chi connectivity index (χ0n) is 12.0. The first-order valence-electron chi connectivity index (χ1n) is 6.49. The standard InChI is InChI=1S/C14H17N3O4S/c1-17(9-11-5-4-8-21-11)10-14(18)16-12-6-2-3-7-13(12)22(15,19)20/h2-8H,9-10H2,1H3,(H,16,18)(H2,15,19,20). The van der Waals surface area contributed by atoms with Gasteiger partial charge in [0.25, 0.3) is 0 Å². The molecular formula is C14H17N3O4S. The van der Waals surface area contributed by atoms with Crippen LogP contribution in [0.25, 0.3) is 0 Å². The Labute approximate surface area is 128 Å². The van der Waals surface area contributed by atoms with Crippen molar-refractivity contribution in [2.45, 2.75) is 11.4 Å². The van der Waals surface area contributed by atoms with Crippen LogP contribution in [-0.2, 0) is 21.4 Å². The van der Waals surface area contributed by atoms with E-state index < -0.39 is 10.0 Å². The molecule has 0 radical (unpaired) electrons. The van der Waals surface area contributed by atoms with E-state index in [-0.39, 0.29) is 23.0 Å². The molecule has 0 bridgehead atoms. The molecule has 2 aromatic rings. The lowest BCUT2D eigenvalue weighted by Gasteiger charge is -2.15. The largest absolute Gasteiger partial charge is 0.468 e. The van der Waals surface area contributed by atoms with Crippen molar-refractivity contribution in [3.8, 4) is 0 Å². The van der Waals surface area contributed by atoms with E-state index in [1.54, 1.807) is 36.4 Å². The van der Waals surface area contributed by atoms with Crippen molar-refractivity contribution >= 4 is 21.6 Å². The van der Waals surface area contributed by atoms with Gasteiger partial charge in [0, 0.05) is 0 Å². The van der Waals surface area contributed by atoms with Gasteiger partial charge in [-0.25, -0.2) is 13.6 Å². The van der Waals surface area contributed by atoms with E-state index in [0.29, 0.717) is 6.54 Å². The summed E-state index contributed by atoms with van der Waals surface area (Å²) in [6.45, 7) is 0.552. The smallest absolute Gasteiger partial charge is 0.240 e. The number of nitrogens with one attached hydrogen (secondary N) is 1. The summed E-state index contributed by atoms with van der Waals surface area (Å²) in [7, 11) is -2.13. The predicted molar refractivity (Wildman–Crippen MR) is 81.5 cm³/mol. The number of likely N-dealkylation sites (N-methyl/N-ethyl adjacent to an activating group) is 1. The number of anilines is 1. The fraction of sp³-hybridized carbons (Fsp3) is 0.214. The third-order valence-electron chi connectivity index (χ3n) is 2.89. The Hall–Kier alpha value is -2.16. The zero-order chi connectivity index (χ0) is 16.2. The van der Waals surface area contributed by atoms with E-state index in [0.717, 1.165) is 5.76 Å². The molecule has 0 atom stereocenters. The highest BCUT2D eigenvalue weighted by Gasteiger charge is 2.16. The number of carbonyl (C=O) groups is 1. The van der Waals surface area contributed by atoms with Gasteiger partial charge in [0.2, 0.25) is 15.9 Å². The summed E-state index contributed by atoms with van der Waals surface area (Å²) in [4.78, 5) is 13.6. The molecule has 0 aliphatic rings. The highest BCUT2D eigenvalue weighted by molar-refractivity contribution is 7.89. The number of nitrogens with zero attached hydrogens (tertiary/aromatic N) is 1. The van der Waals surface area contributed by atoms with Crippen molar-refractivity contribution in [1.29, 1.82) is 0 Å². The molecule has 0 spiro atoms. The maximum Gasteiger partial charge on any atom is 0.240 e. The molecule has 1 amide bonds. The molecule has 0 unspecified atom stereocenters. The van der Waals surface area contributed by atoms with Gasteiger partial charge >= 0.3 is 0 Å². The number of hydrogen-bond donors (Lipinski definition) is 2. The van der Waals surface area contributed by atoms with E-state index in [2.05, 4.69) is 5.32 Å². The summed E-state index contributed by atoms with van der Waals surface area (Å²) in [6, 6.07) is 9.58. The van der Waals surface area contributed by atoms with Gasteiger partial charge in [-0.3, -0.25) is 9.69 Å². The van der Waals surface area contributed by atoms with Crippen molar-refractivity contribution < 1.29 is 17.6 Å². The van der Waals surface area contributed by atoms with Crippen LogP contribution < -0.4 is 10.5 Å². The molecule has 2 rings (SSSR count). The summed E-state index contributed by atoms with van der Waals surface area (Å²) in [5.41, 5.74) is 0.168. The van der Waals surface area contributed by atoms with Crippen molar-refractivity contribution in [2.24, 2.45) is 5.14 Å². The number of nitrogens with two attached hydrogens (primary N) is 1. The molecule has 1 aromatic carbocycles. The number of primary sulfonamides is 1. The molecule has 0 saturated heterocycles. The van der Waals surface area contributed by atoms with Gasteiger partial charge < -0.3 is 9.73 Å². The second kappa shape index (κ2) is 6.73. The van der Waals surface area contributed by atoms with Crippen LogP contribution in [0, 0.1) is 0 Å². The van der Waals surface area contributed by atoms with Gasteiger partial charge in [0.05, 0.1) is 25.0 Å². The zero-order valence-corrected chi connectivity index (χ0v) is 12.8. The van der Waals surface area contributed by atoms with Crippen molar-refractivity contribution in [3.63, 3.8) is 0 Å². The molecule has 8 heteroatoms. The summed E-state index contributed by atoms with van der Waals surface area (Å²) in [6.07, 6.45) is 1.56. The third-order valence-corrected chi connectivity index (χ3v) is 3.86. The first-order valence-corrected chi connectivity index (χ1v) is 8.03. The maximum atomic E-state index is 12.0. The minimum atomic E-state index is -3.89. The van der Waals surface area contributed by atoms with Gasteiger partial charge in [0.1, 0.15) is 10.7 Å². The second-order valence-electron chi connectivity index (χ2n) is 4.84. The average Bonchev–Trinajstić information content (AvgIpc) is 2.90. The molecule has 3 N–H and O–H groups in total. The molecule has 22 heavy (non-hydrogen) atoms. The summed E-state index contributed by atoms with van der Waals surface area (Å²) in [5, 5.41) is 7.68. The van der Waals surface area contributed by atoms with E-state index in [4.69, 9.17) is 9.56 Å². The molecule has 0 aliphatic heterocycles. The first-order chi connectivity index (χ1) is 10.4. The Morgan fingerprint density at radius 1 is 1.27 bits per heavy atom. The van der Waals surface area contributed by atoms with Gasteiger partial charge in [-0.15, -0.1) is 0 Å². The van der Waals surface area contributed by atoms with Gasteiger partial charge in [-0.1, -0.05) is 12.1 Å². The van der Waals surface area contributed by atoms with E-state index >= 15 is 0 Å². The molecule has 118 valence electrons. The maximum absolute atomic E-state index is 12.0. The summed E-state index contributed by atoms with van der Waals surface area (Å²) < 4.78 is 28.1. The van der Waals surface area contributed by atoms with E-state index in [1.807, 2.05) is 6.07 Å². The van der Waals surface area contributed by atoms with Crippen LogP contribution in [-0.4, -0.2) is 32.8 Å². The highest BCUT2D eigenvalue weighted by atomic mass is 32.2. The quantitative estimate of drug-likeness (QED) is 0.825. The summed E-state index contributed by atoms with van der Waals surface area (Å²) in [5.74, 6) is 0.394. The Balaban J connectivity index is 2.01. The SMILES string of the molecule is CN(CC(=O)Nc1ccccc1S(N)(=O)=O)Cc1ccco1. The third kappa shape index (κ3) is 4.42. The minimum absolute atomic E-state index is 0.0830. The molecule has 1 heterocycles. The second-order valence-corrected chi connectivity index (χ2v) is 6.37. The number of benzene rings is 1. The molecule has 1 aromatic heterocycles. The number of hydrogen-bond acceptors (Lipinski definition) is 5. The van der Waals surface area contributed by atoms with Crippen LogP contribution in [0.1, 0.15) is 5.76 Å². The Bertz CT molecular complexity index is 741. The van der Waals surface area contributed by atoms with Crippen LogP contribution in [0.15, 0.2) is 52.0 Å². The van der Waals surface area contributed by atoms with Gasteiger partial charge in [-0.2, -0.15) is 0 Å². The lowest BCUT2D eigenvalue weighted by molar-refractivity contribution is -0.117. The lowest BCUT2D eigenvalue weighted by atomic mass is 10.3. The molecular weight excluding hydrogens is 306 g/mol. The van der Waals surface area contributed by atoms with Crippen LogP contribution >= 0.6 is 0 Å². The molecule has 0 fully saturated rings. The molecule has 0 aliphatic carbocycles. The van der Waals surface area contributed by atoms with Crippen LogP contribution in [0.5, 0.6) is 0 Å².